The van der Waals surface area contributed by atoms with Gasteiger partial charge in [-0.25, -0.2) is 0 Å². The number of hydrogen-bond acceptors (Lipinski definition) is 4. The summed E-state index contributed by atoms with van der Waals surface area (Å²) in [6.45, 7) is 2.80. The maximum atomic E-state index is 11.7. The first kappa shape index (κ1) is 14.5. The van der Waals surface area contributed by atoms with Crippen LogP contribution in [0.1, 0.15) is 18.4 Å². The highest BCUT2D eigenvalue weighted by Crippen LogP contribution is 2.13. The number of nitro groups is 1. The third-order valence-corrected chi connectivity index (χ3v) is 3.55. The van der Waals surface area contributed by atoms with Crippen molar-refractivity contribution in [2.75, 3.05) is 19.6 Å². The number of amides is 1. The predicted octanol–water partition coefficient (Wildman–Crippen LogP) is 1.25. The van der Waals surface area contributed by atoms with E-state index < -0.39 is 4.92 Å². The van der Waals surface area contributed by atoms with E-state index in [1.54, 1.807) is 12.1 Å². The fraction of sp³-hybridized carbons (Fsp3) is 0.500. The number of non-ortho nitro benzene ring substituents is 1. The van der Waals surface area contributed by atoms with Crippen molar-refractivity contribution in [1.82, 2.24) is 10.6 Å². The normalized spacial score (nSPS) is 17.9. The molecule has 108 valence electrons. The summed E-state index contributed by atoms with van der Waals surface area (Å²) in [5, 5.41) is 16.7. The lowest BCUT2D eigenvalue weighted by atomic mass is 10.1. The monoisotopic (exact) mass is 277 g/mol. The number of benzene rings is 1. The molecule has 1 aromatic rings. The van der Waals surface area contributed by atoms with Gasteiger partial charge in [0.2, 0.25) is 5.91 Å². The number of nitrogens with one attached hydrogen (secondary N) is 2. The number of carbonyl (C=O) groups is 1. The highest BCUT2D eigenvalue weighted by Gasteiger charge is 2.14. The summed E-state index contributed by atoms with van der Waals surface area (Å²) < 4.78 is 0. The average molecular weight is 277 g/mol. The van der Waals surface area contributed by atoms with E-state index in [4.69, 9.17) is 0 Å². The molecule has 1 amide bonds. The minimum Gasteiger partial charge on any atom is -0.356 e. The van der Waals surface area contributed by atoms with Gasteiger partial charge in [0.1, 0.15) is 0 Å². The lowest BCUT2D eigenvalue weighted by Gasteiger charge is -2.09. The molecule has 1 fully saturated rings. The molecule has 1 heterocycles. The Hall–Kier alpha value is -1.95. The number of nitrogens with zero attached hydrogens (tertiary/aromatic N) is 1. The van der Waals surface area contributed by atoms with E-state index >= 15 is 0 Å². The topological polar surface area (TPSA) is 84.3 Å². The molecule has 0 aromatic heterocycles. The lowest BCUT2D eigenvalue weighted by molar-refractivity contribution is -0.384. The summed E-state index contributed by atoms with van der Waals surface area (Å²) in [4.78, 5) is 21.8. The van der Waals surface area contributed by atoms with Crippen LogP contribution in [0.4, 0.5) is 5.69 Å². The Bertz CT molecular complexity index is 467. The van der Waals surface area contributed by atoms with E-state index in [1.807, 2.05) is 0 Å². The molecule has 1 aliphatic rings. The molecular formula is C14H19N3O3. The Morgan fingerprint density at radius 3 is 2.75 bits per heavy atom. The highest BCUT2D eigenvalue weighted by atomic mass is 16.6. The zero-order chi connectivity index (χ0) is 14.4. The SMILES string of the molecule is O=C(Cc1ccc([N+](=O)[O-])cc1)NCCC1CCNC1. The van der Waals surface area contributed by atoms with E-state index in [2.05, 4.69) is 10.6 Å². The molecule has 2 N–H and O–H groups in total. The molecule has 0 saturated carbocycles. The second kappa shape index (κ2) is 7.00. The van der Waals surface area contributed by atoms with E-state index in [1.165, 1.54) is 18.6 Å². The Labute approximate surface area is 117 Å². The second-order valence-corrected chi connectivity index (χ2v) is 5.10. The van der Waals surface area contributed by atoms with Gasteiger partial charge in [-0.15, -0.1) is 0 Å². The summed E-state index contributed by atoms with van der Waals surface area (Å²) in [7, 11) is 0. The lowest BCUT2D eigenvalue weighted by Crippen LogP contribution is -2.27. The quantitative estimate of drug-likeness (QED) is 0.605. The molecule has 1 atom stereocenters. The summed E-state index contributed by atoms with van der Waals surface area (Å²) >= 11 is 0. The average Bonchev–Trinajstić information content (AvgIpc) is 2.92. The van der Waals surface area contributed by atoms with Gasteiger partial charge in [0, 0.05) is 18.7 Å². The third kappa shape index (κ3) is 4.31. The maximum Gasteiger partial charge on any atom is 0.269 e. The molecule has 0 aliphatic carbocycles. The van der Waals surface area contributed by atoms with Crippen LogP contribution in [0.5, 0.6) is 0 Å². The molecule has 1 unspecified atom stereocenters. The van der Waals surface area contributed by atoms with Crippen molar-refractivity contribution in [3.63, 3.8) is 0 Å². The number of carbonyl (C=O) groups excluding carboxylic acids is 1. The van der Waals surface area contributed by atoms with Gasteiger partial charge in [0.05, 0.1) is 11.3 Å². The van der Waals surface area contributed by atoms with Gasteiger partial charge < -0.3 is 10.6 Å². The van der Waals surface area contributed by atoms with Crippen LogP contribution in [-0.2, 0) is 11.2 Å². The molecule has 1 aliphatic heterocycles. The van der Waals surface area contributed by atoms with Gasteiger partial charge in [0.25, 0.3) is 5.69 Å². The van der Waals surface area contributed by atoms with Crippen molar-refractivity contribution < 1.29 is 9.72 Å². The van der Waals surface area contributed by atoms with Crippen LogP contribution in [0.2, 0.25) is 0 Å². The van der Waals surface area contributed by atoms with Crippen LogP contribution in [0.3, 0.4) is 0 Å². The molecule has 6 heteroatoms. The smallest absolute Gasteiger partial charge is 0.269 e. The van der Waals surface area contributed by atoms with E-state index in [-0.39, 0.29) is 18.0 Å². The van der Waals surface area contributed by atoms with Gasteiger partial charge in [-0.2, -0.15) is 0 Å². The van der Waals surface area contributed by atoms with E-state index in [0.29, 0.717) is 12.5 Å². The highest BCUT2D eigenvalue weighted by molar-refractivity contribution is 5.78. The van der Waals surface area contributed by atoms with Crippen LogP contribution in [-0.4, -0.2) is 30.5 Å². The standard InChI is InChI=1S/C14H19N3O3/c18-14(16-8-6-12-5-7-15-10-12)9-11-1-3-13(4-2-11)17(19)20/h1-4,12,15H,5-10H2,(H,16,18). The van der Waals surface area contributed by atoms with Crippen molar-refractivity contribution in [1.29, 1.82) is 0 Å². The molecule has 2 rings (SSSR count). The Morgan fingerprint density at radius 1 is 1.40 bits per heavy atom. The minimum absolute atomic E-state index is 0.0372. The summed E-state index contributed by atoms with van der Waals surface area (Å²) in [5.41, 5.74) is 0.832. The molecule has 1 aromatic carbocycles. The zero-order valence-corrected chi connectivity index (χ0v) is 11.3. The van der Waals surface area contributed by atoms with Gasteiger partial charge in [-0.05, 0) is 37.4 Å². The van der Waals surface area contributed by atoms with Crippen LogP contribution in [0.25, 0.3) is 0 Å². The third-order valence-electron chi connectivity index (χ3n) is 3.55. The van der Waals surface area contributed by atoms with Crippen LogP contribution < -0.4 is 10.6 Å². The minimum atomic E-state index is -0.445. The van der Waals surface area contributed by atoms with Crippen molar-refractivity contribution in [2.45, 2.75) is 19.3 Å². The molecule has 0 bridgehead atoms. The maximum absolute atomic E-state index is 11.7. The van der Waals surface area contributed by atoms with Gasteiger partial charge in [0.15, 0.2) is 0 Å². The summed E-state index contributed by atoms with van der Waals surface area (Å²) in [6, 6.07) is 6.09. The number of rotatable bonds is 6. The van der Waals surface area contributed by atoms with Gasteiger partial charge >= 0.3 is 0 Å². The molecule has 20 heavy (non-hydrogen) atoms. The number of hydrogen-bond donors (Lipinski definition) is 2. The Balaban J connectivity index is 1.71. The molecular weight excluding hydrogens is 258 g/mol. The van der Waals surface area contributed by atoms with E-state index in [0.717, 1.165) is 25.1 Å². The van der Waals surface area contributed by atoms with Crippen molar-refractivity contribution in [3.8, 4) is 0 Å². The molecule has 0 radical (unpaired) electrons. The Kier molecular flexibility index (Phi) is 5.06. The van der Waals surface area contributed by atoms with Crippen molar-refractivity contribution in [2.24, 2.45) is 5.92 Å². The first-order valence-electron chi connectivity index (χ1n) is 6.86. The first-order valence-corrected chi connectivity index (χ1v) is 6.86. The fourth-order valence-corrected chi connectivity index (χ4v) is 2.36. The molecule has 0 spiro atoms. The van der Waals surface area contributed by atoms with Gasteiger partial charge in [-0.3, -0.25) is 14.9 Å². The van der Waals surface area contributed by atoms with Crippen LogP contribution in [0, 0.1) is 16.0 Å². The van der Waals surface area contributed by atoms with Crippen molar-refractivity contribution in [3.05, 3.63) is 39.9 Å². The van der Waals surface area contributed by atoms with Gasteiger partial charge in [-0.1, -0.05) is 12.1 Å². The first-order chi connectivity index (χ1) is 9.65. The Morgan fingerprint density at radius 2 is 2.15 bits per heavy atom. The van der Waals surface area contributed by atoms with Crippen molar-refractivity contribution >= 4 is 11.6 Å². The molecule has 1 saturated heterocycles. The second-order valence-electron chi connectivity index (χ2n) is 5.10. The summed E-state index contributed by atoms with van der Waals surface area (Å²) in [5.74, 6) is 0.625. The van der Waals surface area contributed by atoms with Crippen LogP contribution in [0.15, 0.2) is 24.3 Å². The van der Waals surface area contributed by atoms with Crippen LogP contribution >= 0.6 is 0 Å². The van der Waals surface area contributed by atoms with E-state index in [9.17, 15) is 14.9 Å². The summed E-state index contributed by atoms with van der Waals surface area (Å²) in [6.07, 6.45) is 2.44. The predicted molar refractivity (Wildman–Crippen MR) is 75.4 cm³/mol. The largest absolute Gasteiger partial charge is 0.356 e. The number of nitro benzene ring substituents is 1. The fourth-order valence-electron chi connectivity index (χ4n) is 2.36. The zero-order valence-electron chi connectivity index (χ0n) is 11.3. The molecule has 6 nitrogen and oxygen atoms in total.